The van der Waals surface area contributed by atoms with Crippen LogP contribution in [-0.4, -0.2) is 11.2 Å². The molecule has 0 bridgehead atoms. The summed E-state index contributed by atoms with van der Waals surface area (Å²) >= 11 is 0. The van der Waals surface area contributed by atoms with Crippen LogP contribution >= 0.6 is 0 Å². The molecule has 0 spiro atoms. The van der Waals surface area contributed by atoms with Crippen LogP contribution in [0.4, 0.5) is 0 Å². The van der Waals surface area contributed by atoms with E-state index < -0.39 is 11.2 Å². The van der Waals surface area contributed by atoms with E-state index in [2.05, 4.69) is 102 Å². The monoisotopic (exact) mass is 502 g/mol. The lowest BCUT2D eigenvalue weighted by atomic mass is 9.78. The smallest absolute Gasteiger partial charge is 0.0938 e. The lowest BCUT2D eigenvalue weighted by Gasteiger charge is -2.46. The van der Waals surface area contributed by atoms with Gasteiger partial charge in [-0.3, -0.25) is 0 Å². The molecule has 0 N–H and O–H groups in total. The lowest BCUT2D eigenvalue weighted by Crippen LogP contribution is -2.49. The van der Waals surface area contributed by atoms with Crippen molar-refractivity contribution in [3.8, 4) is 0 Å². The van der Waals surface area contributed by atoms with E-state index >= 15 is 0 Å². The van der Waals surface area contributed by atoms with Gasteiger partial charge < -0.3 is 4.74 Å². The van der Waals surface area contributed by atoms with E-state index in [0.717, 1.165) is 49.7 Å². The molecule has 2 unspecified atom stereocenters. The first kappa shape index (κ1) is 31.1. The number of unbranched alkanes of at least 4 members (excludes halogenated alkanes) is 8. The van der Waals surface area contributed by atoms with E-state index in [0.29, 0.717) is 0 Å². The van der Waals surface area contributed by atoms with Crippen LogP contribution in [0.25, 0.3) is 0 Å². The Morgan fingerprint density at radius 2 is 0.919 bits per heavy atom. The Morgan fingerprint density at radius 1 is 0.568 bits per heavy atom. The van der Waals surface area contributed by atoms with Crippen molar-refractivity contribution < 1.29 is 4.74 Å². The highest BCUT2D eigenvalue weighted by molar-refractivity contribution is 5.27. The maximum Gasteiger partial charge on any atom is 0.0938 e. The zero-order chi connectivity index (χ0) is 27.0. The van der Waals surface area contributed by atoms with Crippen LogP contribution in [0, 0.1) is 0 Å². The van der Waals surface area contributed by atoms with Crippen molar-refractivity contribution in [2.24, 2.45) is 0 Å². The van der Waals surface area contributed by atoms with Gasteiger partial charge in [0.15, 0.2) is 0 Å². The molecule has 0 aliphatic rings. The Bertz CT molecular complexity index is 823. The van der Waals surface area contributed by atoms with Gasteiger partial charge in [0.05, 0.1) is 11.2 Å². The van der Waals surface area contributed by atoms with Crippen LogP contribution in [0.2, 0.25) is 0 Å². The molecule has 2 rings (SSSR count). The molecule has 1 nitrogen and oxygen atoms in total. The molecule has 2 aromatic carbocycles. The maximum absolute atomic E-state index is 7.57. The van der Waals surface area contributed by atoms with Gasteiger partial charge in [0.2, 0.25) is 0 Å². The summed E-state index contributed by atoms with van der Waals surface area (Å²) in [7, 11) is 0. The van der Waals surface area contributed by atoms with Crippen LogP contribution < -0.4 is 0 Å². The van der Waals surface area contributed by atoms with Crippen molar-refractivity contribution >= 4 is 0 Å². The van der Waals surface area contributed by atoms with Crippen LogP contribution in [0.15, 0.2) is 85.0 Å². The van der Waals surface area contributed by atoms with Crippen LogP contribution in [0.1, 0.15) is 116 Å². The molecule has 0 fully saturated rings. The minimum Gasteiger partial charge on any atom is -0.359 e. The van der Waals surface area contributed by atoms with E-state index in [1.54, 1.807) is 0 Å². The fraction of sp³-hybridized carbons (Fsp3) is 0.556. The summed E-state index contributed by atoms with van der Waals surface area (Å²) in [6.45, 7) is 18.0. The van der Waals surface area contributed by atoms with Gasteiger partial charge in [-0.1, -0.05) is 152 Å². The molecule has 2 aromatic rings. The molecule has 0 radical (unpaired) electrons. The second-order valence-corrected chi connectivity index (χ2v) is 11.3. The first-order valence-electron chi connectivity index (χ1n) is 15.0. The normalized spacial score (nSPS) is 14.6. The minimum atomic E-state index is -0.412. The summed E-state index contributed by atoms with van der Waals surface area (Å²) in [6.07, 6.45) is 16.3. The number of hydrogen-bond acceptors (Lipinski definition) is 1. The third-order valence-electron chi connectivity index (χ3n) is 7.98. The third kappa shape index (κ3) is 10.3. The molecule has 2 atom stereocenters. The Kier molecular flexibility index (Phi) is 14.0. The van der Waals surface area contributed by atoms with Gasteiger partial charge in [-0.15, -0.1) is 0 Å². The van der Waals surface area contributed by atoms with E-state index in [1.807, 2.05) is 0 Å². The topological polar surface area (TPSA) is 9.23 Å². The van der Waals surface area contributed by atoms with Gasteiger partial charge in [-0.05, 0) is 49.0 Å². The summed E-state index contributed by atoms with van der Waals surface area (Å²) in [6, 6.07) is 21.7. The zero-order valence-corrected chi connectivity index (χ0v) is 24.5. The molecule has 0 aromatic heterocycles. The fourth-order valence-electron chi connectivity index (χ4n) is 5.51. The molecule has 0 amide bonds. The van der Waals surface area contributed by atoms with E-state index in [-0.39, 0.29) is 0 Å². The fourth-order valence-corrected chi connectivity index (χ4v) is 5.51. The van der Waals surface area contributed by atoms with Gasteiger partial charge in [0.1, 0.15) is 0 Å². The van der Waals surface area contributed by atoms with Crippen LogP contribution in [0.3, 0.4) is 0 Å². The molecule has 0 saturated heterocycles. The van der Waals surface area contributed by atoms with Crippen molar-refractivity contribution in [2.75, 3.05) is 0 Å². The summed E-state index contributed by atoms with van der Waals surface area (Å²) in [5.41, 5.74) is 4.08. The predicted octanol–water partition coefficient (Wildman–Crippen LogP) is 10.8. The number of rotatable bonds is 20. The zero-order valence-electron chi connectivity index (χ0n) is 24.5. The second kappa shape index (κ2) is 16.7. The average Bonchev–Trinajstić information content (AvgIpc) is 2.89. The Morgan fingerprint density at radius 3 is 1.24 bits per heavy atom. The van der Waals surface area contributed by atoms with E-state index in [4.69, 9.17) is 4.74 Å². The SMILES string of the molecule is C=C(C)C(CCCCCCC)(Cc1ccccc1)OC(CCCCCCC)(Cc1ccccc1)C(=C)C. The number of benzene rings is 2. The Labute approximate surface area is 229 Å². The molecular formula is C36H54O. The first-order valence-corrected chi connectivity index (χ1v) is 15.0. The molecule has 204 valence electrons. The molecule has 0 aliphatic heterocycles. The Balaban J connectivity index is 2.44. The van der Waals surface area contributed by atoms with Crippen molar-refractivity contribution in [2.45, 2.75) is 129 Å². The van der Waals surface area contributed by atoms with Crippen molar-refractivity contribution in [3.63, 3.8) is 0 Å². The Hall–Kier alpha value is -2.12. The number of hydrogen-bond donors (Lipinski definition) is 0. The molecule has 1 heteroatoms. The van der Waals surface area contributed by atoms with Gasteiger partial charge >= 0.3 is 0 Å². The second-order valence-electron chi connectivity index (χ2n) is 11.3. The van der Waals surface area contributed by atoms with Gasteiger partial charge in [0, 0.05) is 12.8 Å². The predicted molar refractivity (Wildman–Crippen MR) is 163 cm³/mol. The number of ether oxygens (including phenoxy) is 1. The highest BCUT2D eigenvalue weighted by atomic mass is 16.5. The van der Waals surface area contributed by atoms with Crippen LogP contribution in [0.5, 0.6) is 0 Å². The van der Waals surface area contributed by atoms with Crippen molar-refractivity contribution in [3.05, 3.63) is 96.1 Å². The van der Waals surface area contributed by atoms with Crippen molar-refractivity contribution in [1.82, 2.24) is 0 Å². The molecule has 37 heavy (non-hydrogen) atoms. The molecule has 0 heterocycles. The van der Waals surface area contributed by atoms with Crippen molar-refractivity contribution in [1.29, 1.82) is 0 Å². The third-order valence-corrected chi connectivity index (χ3v) is 7.98. The summed E-state index contributed by atoms with van der Waals surface area (Å²) in [5.74, 6) is 0. The first-order chi connectivity index (χ1) is 17.9. The van der Waals surface area contributed by atoms with Gasteiger partial charge in [-0.2, -0.15) is 0 Å². The summed E-state index contributed by atoms with van der Waals surface area (Å²) in [4.78, 5) is 0. The minimum absolute atomic E-state index is 0.412. The summed E-state index contributed by atoms with van der Waals surface area (Å²) in [5, 5.41) is 0. The molecule has 0 aliphatic carbocycles. The molecule has 0 saturated carbocycles. The van der Waals surface area contributed by atoms with E-state index in [1.165, 1.54) is 62.5 Å². The maximum atomic E-state index is 7.57. The van der Waals surface area contributed by atoms with Gasteiger partial charge in [-0.25, -0.2) is 0 Å². The van der Waals surface area contributed by atoms with Gasteiger partial charge in [0.25, 0.3) is 0 Å². The summed E-state index contributed by atoms with van der Waals surface area (Å²) < 4.78 is 7.57. The lowest BCUT2D eigenvalue weighted by molar-refractivity contribution is -0.128. The highest BCUT2D eigenvalue weighted by Crippen LogP contribution is 2.42. The van der Waals surface area contributed by atoms with Crippen LogP contribution in [-0.2, 0) is 17.6 Å². The quantitative estimate of drug-likeness (QED) is 0.129. The average molecular weight is 503 g/mol. The van der Waals surface area contributed by atoms with E-state index in [9.17, 15) is 0 Å². The highest BCUT2D eigenvalue weighted by Gasteiger charge is 2.43. The largest absolute Gasteiger partial charge is 0.359 e. The standard InChI is InChI=1S/C36H54O/c1-7-9-11-13-21-27-35(31(3)4,29-33-23-17-15-18-24-33)37-36(32(5)6,28-22-14-12-10-8-2)30-34-25-19-16-20-26-34/h15-20,23-26H,3,5,7-14,21-22,27-30H2,1-2,4,6H3. The molecular weight excluding hydrogens is 448 g/mol.